The maximum atomic E-state index is 13.0. The monoisotopic (exact) mass is 230 g/mol. The molecule has 0 bridgehead atoms. The number of halogens is 1. The van der Waals surface area contributed by atoms with Crippen LogP contribution >= 0.6 is 11.8 Å². The van der Waals surface area contributed by atoms with Crippen molar-refractivity contribution in [2.45, 2.75) is 17.9 Å². The van der Waals surface area contributed by atoms with Gasteiger partial charge in [-0.3, -0.25) is 0 Å². The molecule has 1 aromatic carbocycles. The number of hydrogen-bond acceptors (Lipinski definition) is 3. The van der Waals surface area contributed by atoms with E-state index < -0.39 is 17.9 Å². The molecule has 0 fully saturated rings. The first-order valence-electron chi connectivity index (χ1n) is 4.34. The fourth-order valence-corrected chi connectivity index (χ4v) is 1.77. The van der Waals surface area contributed by atoms with Crippen LogP contribution in [-0.4, -0.2) is 28.0 Å². The molecule has 0 aliphatic heterocycles. The first-order chi connectivity index (χ1) is 7.00. The zero-order valence-corrected chi connectivity index (χ0v) is 8.92. The van der Waals surface area contributed by atoms with Gasteiger partial charge >= 0.3 is 5.97 Å². The maximum absolute atomic E-state index is 13.0. The van der Waals surface area contributed by atoms with Gasteiger partial charge in [-0.05, 0) is 25.1 Å². The summed E-state index contributed by atoms with van der Waals surface area (Å²) in [4.78, 5) is 11.2. The lowest BCUT2D eigenvalue weighted by molar-refractivity contribution is 0.0691. The highest BCUT2D eigenvalue weighted by Crippen LogP contribution is 2.21. The molecule has 1 aromatic rings. The highest BCUT2D eigenvalue weighted by molar-refractivity contribution is 7.99. The minimum Gasteiger partial charge on any atom is -0.478 e. The zero-order chi connectivity index (χ0) is 11.4. The second-order valence-corrected chi connectivity index (χ2v) is 4.20. The molecule has 2 N–H and O–H groups in total. The van der Waals surface area contributed by atoms with Gasteiger partial charge in [-0.1, -0.05) is 0 Å². The molecule has 0 spiro atoms. The number of carbonyl (C=O) groups is 1. The largest absolute Gasteiger partial charge is 0.478 e. The second-order valence-electron chi connectivity index (χ2n) is 3.11. The molecule has 82 valence electrons. The van der Waals surface area contributed by atoms with E-state index in [4.69, 9.17) is 10.2 Å². The van der Waals surface area contributed by atoms with E-state index in [1.54, 1.807) is 6.92 Å². The summed E-state index contributed by atoms with van der Waals surface area (Å²) in [6.07, 6.45) is -0.478. The van der Waals surface area contributed by atoms with Crippen LogP contribution in [0.3, 0.4) is 0 Å². The van der Waals surface area contributed by atoms with Crippen LogP contribution in [0.25, 0.3) is 0 Å². The average molecular weight is 230 g/mol. The molecule has 1 atom stereocenters. The van der Waals surface area contributed by atoms with Gasteiger partial charge in [0, 0.05) is 10.6 Å². The van der Waals surface area contributed by atoms with Crippen molar-refractivity contribution in [3.63, 3.8) is 0 Å². The maximum Gasteiger partial charge on any atom is 0.338 e. The van der Waals surface area contributed by atoms with Gasteiger partial charge in [-0.15, -0.1) is 11.8 Å². The number of aliphatic hydroxyl groups excluding tert-OH is 1. The molecule has 1 rings (SSSR count). The van der Waals surface area contributed by atoms with Crippen molar-refractivity contribution in [1.29, 1.82) is 0 Å². The summed E-state index contributed by atoms with van der Waals surface area (Å²) in [5.74, 6) is -1.58. The molecule has 15 heavy (non-hydrogen) atoms. The summed E-state index contributed by atoms with van der Waals surface area (Å²) < 4.78 is 13.0. The molecular weight excluding hydrogens is 219 g/mol. The Morgan fingerprint density at radius 2 is 2.27 bits per heavy atom. The normalized spacial score (nSPS) is 12.5. The Labute approximate surface area is 90.9 Å². The van der Waals surface area contributed by atoms with Crippen LogP contribution in [0.2, 0.25) is 0 Å². The van der Waals surface area contributed by atoms with Gasteiger partial charge in [0.2, 0.25) is 0 Å². The van der Waals surface area contributed by atoms with Crippen LogP contribution in [0.5, 0.6) is 0 Å². The van der Waals surface area contributed by atoms with Crippen LogP contribution in [0.4, 0.5) is 4.39 Å². The van der Waals surface area contributed by atoms with Gasteiger partial charge in [0.15, 0.2) is 0 Å². The van der Waals surface area contributed by atoms with E-state index in [-0.39, 0.29) is 5.56 Å². The van der Waals surface area contributed by atoms with Gasteiger partial charge < -0.3 is 10.2 Å². The zero-order valence-electron chi connectivity index (χ0n) is 8.11. The lowest BCUT2D eigenvalue weighted by atomic mass is 10.2. The molecule has 1 unspecified atom stereocenters. The number of hydrogen-bond donors (Lipinski definition) is 2. The van der Waals surface area contributed by atoms with E-state index in [9.17, 15) is 9.18 Å². The van der Waals surface area contributed by atoms with Gasteiger partial charge in [0.25, 0.3) is 0 Å². The van der Waals surface area contributed by atoms with Crippen molar-refractivity contribution in [2.75, 3.05) is 5.75 Å². The molecule has 0 aromatic heterocycles. The molecule has 0 aliphatic rings. The van der Waals surface area contributed by atoms with Crippen molar-refractivity contribution in [3.05, 3.63) is 29.6 Å². The van der Waals surface area contributed by atoms with Gasteiger partial charge in [-0.25, -0.2) is 9.18 Å². The standard InChI is InChI=1S/C10H11FO3S/c1-6(12)5-15-7-2-3-9(11)8(4-7)10(13)14/h2-4,6,12H,5H2,1H3,(H,13,14). The number of thioether (sulfide) groups is 1. The average Bonchev–Trinajstić information content (AvgIpc) is 2.16. The minimum atomic E-state index is -1.29. The molecule has 0 heterocycles. The fraction of sp³-hybridized carbons (Fsp3) is 0.300. The quantitative estimate of drug-likeness (QED) is 0.777. The number of benzene rings is 1. The number of carboxylic acid groups (broad SMARTS) is 1. The number of rotatable bonds is 4. The summed E-state index contributed by atoms with van der Waals surface area (Å²) in [6.45, 7) is 1.63. The Kier molecular flexibility index (Phi) is 4.11. The van der Waals surface area contributed by atoms with Crippen molar-refractivity contribution >= 4 is 17.7 Å². The molecule has 0 aliphatic carbocycles. The van der Waals surface area contributed by atoms with Gasteiger partial charge in [-0.2, -0.15) is 0 Å². The molecule has 5 heteroatoms. The van der Waals surface area contributed by atoms with Crippen LogP contribution in [-0.2, 0) is 0 Å². The van der Waals surface area contributed by atoms with Crippen LogP contribution in [0, 0.1) is 5.82 Å². The number of aliphatic hydroxyl groups is 1. The molecule has 0 saturated carbocycles. The molecule has 3 nitrogen and oxygen atoms in total. The summed E-state index contributed by atoms with van der Waals surface area (Å²) >= 11 is 1.29. The Balaban J connectivity index is 2.83. The summed E-state index contributed by atoms with van der Waals surface area (Å²) in [6, 6.07) is 3.88. The van der Waals surface area contributed by atoms with Gasteiger partial charge in [0.1, 0.15) is 5.82 Å². The Bertz CT molecular complexity index is 366. The molecule has 0 amide bonds. The predicted octanol–water partition coefficient (Wildman–Crippen LogP) is 2.00. The Morgan fingerprint density at radius 1 is 1.60 bits per heavy atom. The lowest BCUT2D eigenvalue weighted by Gasteiger charge is -2.05. The smallest absolute Gasteiger partial charge is 0.338 e. The summed E-state index contributed by atoms with van der Waals surface area (Å²) in [7, 11) is 0. The Hall–Kier alpha value is -1.07. The van der Waals surface area contributed by atoms with Crippen LogP contribution in [0.15, 0.2) is 23.1 Å². The van der Waals surface area contributed by atoms with Crippen LogP contribution < -0.4 is 0 Å². The van der Waals surface area contributed by atoms with Crippen molar-refractivity contribution in [2.24, 2.45) is 0 Å². The summed E-state index contributed by atoms with van der Waals surface area (Å²) in [5, 5.41) is 17.7. The third-order valence-electron chi connectivity index (χ3n) is 1.66. The number of aromatic carboxylic acids is 1. The van der Waals surface area contributed by atoms with E-state index >= 15 is 0 Å². The second kappa shape index (κ2) is 5.14. The third kappa shape index (κ3) is 3.53. The Morgan fingerprint density at radius 3 is 2.80 bits per heavy atom. The van der Waals surface area contributed by atoms with E-state index in [0.717, 1.165) is 6.07 Å². The highest BCUT2D eigenvalue weighted by Gasteiger charge is 2.11. The predicted molar refractivity (Wildman–Crippen MR) is 55.8 cm³/mol. The van der Waals surface area contributed by atoms with Crippen LogP contribution in [0.1, 0.15) is 17.3 Å². The molecular formula is C10H11FO3S. The van der Waals surface area contributed by atoms with Crippen molar-refractivity contribution in [3.8, 4) is 0 Å². The fourth-order valence-electron chi connectivity index (χ4n) is 0.975. The first-order valence-corrected chi connectivity index (χ1v) is 5.33. The number of carboxylic acids is 1. The lowest BCUT2D eigenvalue weighted by Crippen LogP contribution is -2.03. The first kappa shape index (κ1) is 12.0. The third-order valence-corrected chi connectivity index (χ3v) is 2.90. The summed E-state index contributed by atoms with van der Waals surface area (Å²) in [5.41, 5.74) is -0.342. The van der Waals surface area contributed by atoms with E-state index in [0.29, 0.717) is 10.6 Å². The van der Waals surface area contributed by atoms with E-state index in [1.165, 1.54) is 23.9 Å². The van der Waals surface area contributed by atoms with Gasteiger partial charge in [0.05, 0.1) is 11.7 Å². The topological polar surface area (TPSA) is 57.5 Å². The molecule has 0 saturated heterocycles. The minimum absolute atomic E-state index is 0.342. The van der Waals surface area contributed by atoms with Crippen molar-refractivity contribution < 1.29 is 19.4 Å². The van der Waals surface area contributed by atoms with Crippen molar-refractivity contribution in [1.82, 2.24) is 0 Å². The van der Waals surface area contributed by atoms with E-state index in [1.807, 2.05) is 0 Å². The highest BCUT2D eigenvalue weighted by atomic mass is 32.2. The van der Waals surface area contributed by atoms with E-state index in [2.05, 4.69) is 0 Å². The molecule has 0 radical (unpaired) electrons. The SMILES string of the molecule is CC(O)CSc1ccc(F)c(C(=O)O)c1.